The highest BCUT2D eigenvalue weighted by atomic mass is 32.2. The molecule has 0 radical (unpaired) electrons. The molecule has 1 N–H and O–H groups in total. The first-order valence-corrected chi connectivity index (χ1v) is 11.2. The van der Waals surface area contributed by atoms with E-state index in [1.54, 1.807) is 0 Å². The summed E-state index contributed by atoms with van der Waals surface area (Å²) in [6, 6.07) is 0. The second-order valence-electron chi connectivity index (χ2n) is 6.87. The molecule has 2 fully saturated rings. The van der Waals surface area contributed by atoms with Gasteiger partial charge in [0.05, 0.1) is 17.3 Å². The smallest absolute Gasteiger partial charge is 0.287 e. The lowest BCUT2D eigenvalue weighted by Crippen LogP contribution is -2.41. The van der Waals surface area contributed by atoms with Crippen LogP contribution in [0.4, 0.5) is 0 Å². The van der Waals surface area contributed by atoms with E-state index in [2.05, 4.69) is 17.1 Å². The van der Waals surface area contributed by atoms with Crippen molar-refractivity contribution in [2.75, 3.05) is 50.9 Å². The predicted octanol–water partition coefficient (Wildman–Crippen LogP) is 2.62. The molecule has 5 nitrogen and oxygen atoms in total. The van der Waals surface area contributed by atoms with Crippen molar-refractivity contribution in [1.82, 2.24) is 10.2 Å². The van der Waals surface area contributed by atoms with Crippen LogP contribution >= 0.6 is 23.5 Å². The van der Waals surface area contributed by atoms with Gasteiger partial charge in [0.25, 0.3) is 5.91 Å². The molecule has 7 heteroatoms. The topological polar surface area (TPSA) is 54.7 Å². The fourth-order valence-electron chi connectivity index (χ4n) is 4.05. The molecule has 3 heterocycles. The lowest BCUT2D eigenvalue weighted by molar-refractivity contribution is 0.0382. The number of fused-ring (bicyclic) bond motifs is 2. The Morgan fingerprint density at radius 2 is 2.04 bits per heavy atom. The average Bonchev–Trinajstić information content (AvgIpc) is 3.22. The molecule has 1 aromatic heterocycles. The maximum atomic E-state index is 12.7. The van der Waals surface area contributed by atoms with Crippen molar-refractivity contribution in [2.24, 2.45) is 0 Å². The fourth-order valence-corrected chi connectivity index (χ4v) is 7.61. The maximum Gasteiger partial charge on any atom is 0.287 e. The van der Waals surface area contributed by atoms with Gasteiger partial charge in [0.2, 0.25) is 0 Å². The third-order valence-corrected chi connectivity index (χ3v) is 8.82. The van der Waals surface area contributed by atoms with E-state index in [1.165, 1.54) is 23.5 Å². The summed E-state index contributed by atoms with van der Waals surface area (Å²) < 4.78 is 11.5. The van der Waals surface area contributed by atoms with Crippen molar-refractivity contribution in [3.63, 3.8) is 0 Å². The van der Waals surface area contributed by atoms with Gasteiger partial charge in [-0.2, -0.15) is 0 Å². The molecule has 0 aromatic carbocycles. The largest absolute Gasteiger partial charge is 0.455 e. The first-order chi connectivity index (χ1) is 12.2. The number of rotatable bonds is 4. The number of hydrogen-bond acceptors (Lipinski definition) is 6. The monoisotopic (exact) mass is 382 g/mol. The summed E-state index contributed by atoms with van der Waals surface area (Å²) >= 11 is 4.07. The molecule has 0 unspecified atom stereocenters. The van der Waals surface area contributed by atoms with Crippen LogP contribution in [0.25, 0.3) is 0 Å². The summed E-state index contributed by atoms with van der Waals surface area (Å²) in [6.45, 7) is 7.04. The van der Waals surface area contributed by atoms with Gasteiger partial charge in [-0.1, -0.05) is 0 Å². The van der Waals surface area contributed by atoms with Crippen LogP contribution < -0.4 is 5.32 Å². The van der Waals surface area contributed by atoms with Gasteiger partial charge < -0.3 is 14.5 Å². The summed E-state index contributed by atoms with van der Waals surface area (Å²) in [5.74, 6) is 3.89. The zero-order valence-corrected chi connectivity index (χ0v) is 16.4. The Bertz CT molecular complexity index is 635. The van der Waals surface area contributed by atoms with Gasteiger partial charge in [-0.3, -0.25) is 9.69 Å². The number of carbonyl (C=O) groups is 1. The van der Waals surface area contributed by atoms with Gasteiger partial charge in [0.15, 0.2) is 5.76 Å². The predicted molar refractivity (Wildman–Crippen MR) is 103 cm³/mol. The Hall–Kier alpha value is -0.630. The Kier molecular flexibility index (Phi) is 5.36. The quantitative estimate of drug-likeness (QED) is 0.864. The van der Waals surface area contributed by atoms with Gasteiger partial charge in [-0.05, 0) is 19.8 Å². The Balaban J connectivity index is 1.44. The number of amides is 1. The molecule has 1 spiro atoms. The van der Waals surface area contributed by atoms with Gasteiger partial charge in [-0.25, -0.2) is 0 Å². The molecule has 3 aliphatic rings. The molecular formula is C18H26N2O3S2. The van der Waals surface area contributed by atoms with E-state index in [0.717, 1.165) is 57.0 Å². The molecule has 0 saturated carbocycles. The zero-order valence-electron chi connectivity index (χ0n) is 14.8. The first kappa shape index (κ1) is 17.8. The van der Waals surface area contributed by atoms with E-state index in [1.807, 2.05) is 23.5 Å². The van der Waals surface area contributed by atoms with E-state index in [-0.39, 0.29) is 9.99 Å². The summed E-state index contributed by atoms with van der Waals surface area (Å²) in [4.78, 5) is 15.0. The normalized spacial score (nSPS) is 22.9. The van der Waals surface area contributed by atoms with Gasteiger partial charge in [-0.15, -0.1) is 23.5 Å². The Morgan fingerprint density at radius 3 is 2.80 bits per heavy atom. The van der Waals surface area contributed by atoms with E-state index in [0.29, 0.717) is 12.3 Å². The third kappa shape index (κ3) is 3.48. The van der Waals surface area contributed by atoms with Crippen LogP contribution in [-0.2, 0) is 15.2 Å². The molecule has 1 aromatic rings. The minimum atomic E-state index is -0.0664. The van der Waals surface area contributed by atoms with E-state index < -0.39 is 0 Å². The molecule has 0 atom stereocenters. The standard InChI is InChI=1S/C18H26N2O3S2/c1-13-15-14(3-2-4-18(15)24-11-12-25-18)23-16(13)17(21)19-5-6-20-7-9-22-10-8-20/h2-12H2,1H3,(H,19,21). The van der Waals surface area contributed by atoms with Crippen LogP contribution in [0.15, 0.2) is 4.42 Å². The van der Waals surface area contributed by atoms with Crippen LogP contribution in [0.2, 0.25) is 0 Å². The molecule has 1 amide bonds. The number of hydrogen-bond donors (Lipinski definition) is 1. The van der Waals surface area contributed by atoms with Crippen molar-refractivity contribution in [3.8, 4) is 0 Å². The number of furan rings is 1. The van der Waals surface area contributed by atoms with E-state index in [9.17, 15) is 4.79 Å². The van der Waals surface area contributed by atoms with Crippen LogP contribution in [0.3, 0.4) is 0 Å². The van der Waals surface area contributed by atoms with Crippen molar-refractivity contribution in [2.45, 2.75) is 30.3 Å². The van der Waals surface area contributed by atoms with Crippen molar-refractivity contribution < 1.29 is 13.9 Å². The summed E-state index contributed by atoms with van der Waals surface area (Å²) in [5, 5.41) is 3.05. The number of morpholine rings is 1. The first-order valence-electron chi connectivity index (χ1n) is 9.18. The lowest BCUT2D eigenvalue weighted by Gasteiger charge is -2.31. The highest BCUT2D eigenvalue weighted by Crippen LogP contribution is 2.59. The van der Waals surface area contributed by atoms with Gasteiger partial charge >= 0.3 is 0 Å². The van der Waals surface area contributed by atoms with Crippen molar-refractivity contribution in [1.29, 1.82) is 0 Å². The third-order valence-electron chi connectivity index (χ3n) is 5.29. The minimum absolute atomic E-state index is 0.0664. The molecule has 2 saturated heterocycles. The summed E-state index contributed by atoms with van der Waals surface area (Å²) in [6.07, 6.45) is 3.30. The number of carbonyl (C=O) groups excluding carboxylic acids is 1. The molecule has 138 valence electrons. The molecule has 1 aliphatic carbocycles. The minimum Gasteiger partial charge on any atom is -0.455 e. The van der Waals surface area contributed by atoms with Crippen LogP contribution in [-0.4, -0.2) is 61.7 Å². The number of ether oxygens (including phenoxy) is 1. The van der Waals surface area contributed by atoms with Crippen LogP contribution in [0.5, 0.6) is 0 Å². The Morgan fingerprint density at radius 1 is 1.28 bits per heavy atom. The second-order valence-corrected chi connectivity index (χ2v) is 9.91. The number of nitrogens with one attached hydrogen (secondary N) is 1. The van der Waals surface area contributed by atoms with Gasteiger partial charge in [0, 0.05) is 55.2 Å². The summed E-state index contributed by atoms with van der Waals surface area (Å²) in [7, 11) is 0. The zero-order chi connectivity index (χ0) is 17.3. The molecule has 0 bridgehead atoms. The Labute approximate surface area is 157 Å². The van der Waals surface area contributed by atoms with Crippen molar-refractivity contribution in [3.05, 3.63) is 22.6 Å². The van der Waals surface area contributed by atoms with E-state index >= 15 is 0 Å². The lowest BCUT2D eigenvalue weighted by atomic mass is 9.94. The number of thioether (sulfide) groups is 2. The number of nitrogens with zero attached hydrogens (tertiary/aromatic N) is 1. The fraction of sp³-hybridized carbons (Fsp3) is 0.722. The average molecular weight is 383 g/mol. The van der Waals surface area contributed by atoms with Crippen LogP contribution in [0.1, 0.15) is 40.3 Å². The molecule has 2 aliphatic heterocycles. The SMILES string of the molecule is Cc1c(C(=O)NCCN2CCOCC2)oc2c1C1(CCC2)SCCS1. The number of aryl methyl sites for hydroxylation is 1. The van der Waals surface area contributed by atoms with Gasteiger partial charge in [0.1, 0.15) is 5.76 Å². The summed E-state index contributed by atoms with van der Waals surface area (Å²) in [5.41, 5.74) is 2.37. The van der Waals surface area contributed by atoms with Crippen LogP contribution in [0, 0.1) is 6.92 Å². The molecule has 4 rings (SSSR count). The molecular weight excluding hydrogens is 356 g/mol. The highest BCUT2D eigenvalue weighted by Gasteiger charge is 2.45. The second kappa shape index (κ2) is 7.55. The van der Waals surface area contributed by atoms with Crippen molar-refractivity contribution >= 4 is 29.4 Å². The maximum absolute atomic E-state index is 12.7. The highest BCUT2D eigenvalue weighted by molar-refractivity contribution is 8.20. The molecule has 25 heavy (non-hydrogen) atoms. The van der Waals surface area contributed by atoms with E-state index in [4.69, 9.17) is 9.15 Å².